The Morgan fingerprint density at radius 3 is 2.52 bits per heavy atom. The third-order valence-electron chi connectivity index (χ3n) is 5.83. The second-order valence-electron chi connectivity index (χ2n) is 8.06. The Kier molecular flexibility index (Phi) is 7.16. The molecule has 4 rings (SSSR count). The fraction of sp³-hybridized carbons (Fsp3) is 0.619. The van der Waals surface area contributed by atoms with Crippen LogP contribution in [-0.4, -0.2) is 49.9 Å². The molecule has 1 aliphatic heterocycles. The normalized spacial score (nSPS) is 18.2. The van der Waals surface area contributed by atoms with E-state index in [4.69, 9.17) is 0 Å². The van der Waals surface area contributed by atoms with Gasteiger partial charge in [-0.15, -0.1) is 5.10 Å². The van der Waals surface area contributed by atoms with Crippen LogP contribution in [0.1, 0.15) is 62.1 Å². The lowest BCUT2D eigenvalue weighted by Gasteiger charge is -2.26. The highest BCUT2D eigenvalue weighted by Gasteiger charge is 2.22. The molecule has 2 aliphatic rings. The molecule has 1 saturated carbocycles. The number of tetrazole rings is 1. The van der Waals surface area contributed by atoms with Gasteiger partial charge in [0.25, 0.3) is 0 Å². The van der Waals surface area contributed by atoms with Gasteiger partial charge in [-0.05, 0) is 60.3 Å². The van der Waals surface area contributed by atoms with Crippen molar-refractivity contribution in [3.05, 3.63) is 35.4 Å². The van der Waals surface area contributed by atoms with Crippen LogP contribution in [0.25, 0.3) is 0 Å². The Morgan fingerprint density at radius 1 is 1.03 bits per heavy atom. The van der Waals surface area contributed by atoms with Crippen molar-refractivity contribution in [3.63, 3.8) is 0 Å². The minimum Gasteiger partial charge on any atom is -0.351 e. The molecular weight excluding hydrogens is 384 g/mol. The maximum Gasteiger partial charge on any atom is 0.230 e. The zero-order valence-electron chi connectivity index (χ0n) is 16.9. The molecule has 8 heteroatoms. The van der Waals surface area contributed by atoms with Crippen molar-refractivity contribution < 1.29 is 4.79 Å². The summed E-state index contributed by atoms with van der Waals surface area (Å²) in [5, 5.41) is 15.8. The van der Waals surface area contributed by atoms with Crippen molar-refractivity contribution in [2.24, 2.45) is 0 Å². The van der Waals surface area contributed by atoms with E-state index in [0.29, 0.717) is 18.3 Å². The van der Waals surface area contributed by atoms with E-state index in [1.807, 2.05) is 4.68 Å². The van der Waals surface area contributed by atoms with Crippen molar-refractivity contribution in [1.29, 1.82) is 0 Å². The molecule has 7 nitrogen and oxygen atoms in total. The number of likely N-dealkylation sites (tertiary alicyclic amines) is 1. The molecule has 1 aliphatic carbocycles. The molecule has 1 aromatic carbocycles. The van der Waals surface area contributed by atoms with Crippen molar-refractivity contribution in [3.8, 4) is 0 Å². The van der Waals surface area contributed by atoms with Gasteiger partial charge in [0.2, 0.25) is 11.1 Å². The largest absolute Gasteiger partial charge is 0.351 e. The van der Waals surface area contributed by atoms with Crippen LogP contribution in [0.3, 0.4) is 0 Å². The summed E-state index contributed by atoms with van der Waals surface area (Å²) in [6.45, 7) is 3.99. The molecule has 1 amide bonds. The minimum absolute atomic E-state index is 0.00775. The monoisotopic (exact) mass is 414 g/mol. The number of nitrogens with zero attached hydrogens (tertiary/aromatic N) is 5. The van der Waals surface area contributed by atoms with Crippen LogP contribution in [0.2, 0.25) is 0 Å². The number of piperidine rings is 1. The number of benzene rings is 1. The molecule has 2 aromatic rings. The van der Waals surface area contributed by atoms with Gasteiger partial charge >= 0.3 is 0 Å². The molecule has 29 heavy (non-hydrogen) atoms. The first-order valence-electron chi connectivity index (χ1n) is 10.8. The van der Waals surface area contributed by atoms with Gasteiger partial charge < -0.3 is 5.32 Å². The van der Waals surface area contributed by atoms with Crippen LogP contribution in [0, 0.1) is 0 Å². The first-order valence-corrected chi connectivity index (χ1v) is 11.7. The lowest BCUT2D eigenvalue weighted by atomic mass is 10.1. The number of hydrogen-bond acceptors (Lipinski definition) is 6. The number of nitrogens with one attached hydrogen (secondary N) is 1. The Bertz CT molecular complexity index is 781. The van der Waals surface area contributed by atoms with E-state index in [-0.39, 0.29) is 5.91 Å². The van der Waals surface area contributed by atoms with Crippen molar-refractivity contribution in [2.75, 3.05) is 18.8 Å². The quantitative estimate of drug-likeness (QED) is 0.669. The standard InChI is InChI=1S/C21H30N6OS/c28-20(16-29-21-23-24-25-27(21)19-6-2-3-7-19)22-14-17-8-10-18(11-9-17)15-26-12-4-1-5-13-26/h8-11,19H,1-7,12-16H2,(H,22,28). The predicted octanol–water partition coefficient (Wildman–Crippen LogP) is 3.18. The molecule has 1 saturated heterocycles. The van der Waals surface area contributed by atoms with Crippen LogP contribution >= 0.6 is 11.8 Å². The highest BCUT2D eigenvalue weighted by atomic mass is 32.2. The highest BCUT2D eigenvalue weighted by Crippen LogP contribution is 2.31. The molecule has 156 valence electrons. The lowest BCUT2D eigenvalue weighted by molar-refractivity contribution is -0.118. The number of amides is 1. The number of carbonyl (C=O) groups is 1. The zero-order valence-corrected chi connectivity index (χ0v) is 17.7. The summed E-state index contributed by atoms with van der Waals surface area (Å²) in [6, 6.07) is 8.99. The van der Waals surface area contributed by atoms with Gasteiger partial charge in [-0.3, -0.25) is 9.69 Å². The van der Waals surface area contributed by atoms with E-state index in [1.54, 1.807) is 0 Å². The summed E-state index contributed by atoms with van der Waals surface area (Å²) >= 11 is 1.41. The maximum absolute atomic E-state index is 12.3. The van der Waals surface area contributed by atoms with Gasteiger partial charge in [-0.25, -0.2) is 4.68 Å². The minimum atomic E-state index is 0.00775. The molecule has 1 N–H and O–H groups in total. The van der Waals surface area contributed by atoms with E-state index in [9.17, 15) is 4.79 Å². The predicted molar refractivity (Wildman–Crippen MR) is 113 cm³/mol. The number of hydrogen-bond donors (Lipinski definition) is 1. The summed E-state index contributed by atoms with van der Waals surface area (Å²) < 4.78 is 1.89. The van der Waals surface area contributed by atoms with E-state index in [0.717, 1.165) is 30.1 Å². The fourth-order valence-electron chi connectivity index (χ4n) is 4.18. The third-order valence-corrected chi connectivity index (χ3v) is 6.77. The molecule has 0 radical (unpaired) electrons. The smallest absolute Gasteiger partial charge is 0.230 e. The SMILES string of the molecule is O=C(CSc1nnnn1C1CCCC1)NCc1ccc(CN2CCCCC2)cc1. The number of carbonyl (C=O) groups excluding carboxylic acids is 1. The number of thioether (sulfide) groups is 1. The fourth-order valence-corrected chi connectivity index (χ4v) is 4.95. The summed E-state index contributed by atoms with van der Waals surface area (Å²) in [5.41, 5.74) is 2.47. The summed E-state index contributed by atoms with van der Waals surface area (Å²) in [7, 11) is 0. The van der Waals surface area contributed by atoms with E-state index in [2.05, 4.69) is 50.0 Å². The van der Waals surface area contributed by atoms with Gasteiger partial charge in [0.1, 0.15) is 0 Å². The van der Waals surface area contributed by atoms with Gasteiger partial charge in [0, 0.05) is 13.1 Å². The van der Waals surface area contributed by atoms with Crippen LogP contribution in [0.4, 0.5) is 0 Å². The molecular formula is C21H30N6OS. The number of aromatic nitrogens is 4. The molecule has 1 aromatic heterocycles. The van der Waals surface area contributed by atoms with Crippen LogP contribution < -0.4 is 5.32 Å². The average Bonchev–Trinajstić information content (AvgIpc) is 3.44. The molecule has 0 spiro atoms. The third kappa shape index (κ3) is 5.79. The van der Waals surface area contributed by atoms with Crippen molar-refractivity contribution in [1.82, 2.24) is 30.4 Å². The summed E-state index contributed by atoms with van der Waals surface area (Å²) in [5.74, 6) is 0.341. The molecule has 0 atom stereocenters. The van der Waals surface area contributed by atoms with Crippen molar-refractivity contribution >= 4 is 17.7 Å². The lowest BCUT2D eigenvalue weighted by Crippen LogP contribution is -2.29. The molecule has 2 fully saturated rings. The van der Waals surface area contributed by atoms with Crippen LogP contribution in [0.5, 0.6) is 0 Å². The first-order chi connectivity index (χ1) is 14.3. The highest BCUT2D eigenvalue weighted by molar-refractivity contribution is 7.99. The maximum atomic E-state index is 12.3. The first kappa shape index (κ1) is 20.3. The summed E-state index contributed by atoms with van der Waals surface area (Å²) in [6.07, 6.45) is 8.70. The Balaban J connectivity index is 1.20. The van der Waals surface area contributed by atoms with Gasteiger partial charge in [0.05, 0.1) is 11.8 Å². The summed E-state index contributed by atoms with van der Waals surface area (Å²) in [4.78, 5) is 14.8. The van der Waals surface area contributed by atoms with Crippen LogP contribution in [0.15, 0.2) is 29.4 Å². The van der Waals surface area contributed by atoms with E-state index in [1.165, 1.54) is 62.5 Å². The number of rotatable bonds is 8. The molecule has 0 bridgehead atoms. The molecule has 2 heterocycles. The topological polar surface area (TPSA) is 75.9 Å². The Morgan fingerprint density at radius 2 is 1.76 bits per heavy atom. The van der Waals surface area contributed by atoms with Gasteiger partial charge in [-0.2, -0.15) is 0 Å². The second-order valence-corrected chi connectivity index (χ2v) is 9.01. The average molecular weight is 415 g/mol. The van der Waals surface area contributed by atoms with Gasteiger partial charge in [0.15, 0.2) is 0 Å². The Labute approximate surface area is 176 Å². The van der Waals surface area contributed by atoms with E-state index < -0.39 is 0 Å². The zero-order chi connectivity index (χ0) is 19.9. The Hall–Kier alpha value is -1.93. The van der Waals surface area contributed by atoms with Crippen LogP contribution in [-0.2, 0) is 17.9 Å². The van der Waals surface area contributed by atoms with E-state index >= 15 is 0 Å². The van der Waals surface area contributed by atoms with Gasteiger partial charge in [-0.1, -0.05) is 55.3 Å². The van der Waals surface area contributed by atoms with Crippen molar-refractivity contribution in [2.45, 2.75) is 69.2 Å². The second kappa shape index (κ2) is 10.2. The molecule has 0 unspecified atom stereocenters.